The molecule has 7 nitrogen and oxygen atoms in total. The van der Waals surface area contributed by atoms with Gasteiger partial charge in [-0.25, -0.2) is 4.98 Å². The van der Waals surface area contributed by atoms with Crippen LogP contribution in [0.15, 0.2) is 36.5 Å². The van der Waals surface area contributed by atoms with E-state index in [1.165, 1.54) is 0 Å². The first-order valence-electron chi connectivity index (χ1n) is 9.55. The first kappa shape index (κ1) is 17.6. The number of para-hydroxylation sites is 2. The van der Waals surface area contributed by atoms with Gasteiger partial charge in [0.15, 0.2) is 0 Å². The number of nitrogens with one attached hydrogen (secondary N) is 1. The van der Waals surface area contributed by atoms with E-state index in [-0.39, 0.29) is 11.9 Å². The highest BCUT2D eigenvalue weighted by Crippen LogP contribution is 2.29. The van der Waals surface area contributed by atoms with Crippen molar-refractivity contribution in [3.8, 4) is 5.75 Å². The van der Waals surface area contributed by atoms with Gasteiger partial charge in [0.2, 0.25) is 11.9 Å². The summed E-state index contributed by atoms with van der Waals surface area (Å²) in [6, 6.07) is 9.38. The molecular weight excluding hydrogens is 342 g/mol. The van der Waals surface area contributed by atoms with Crippen LogP contribution >= 0.6 is 0 Å². The minimum atomic E-state index is -0.149. The molecule has 0 bridgehead atoms. The maximum absolute atomic E-state index is 12.9. The SMILES string of the molecule is COc1ccccc1Nc1ccnc(N2CCC[C@H]2C(=O)N2CCCC2)n1. The normalized spacial score (nSPS) is 19.4. The molecule has 3 heterocycles. The van der Waals surface area contributed by atoms with Crippen molar-refractivity contribution in [2.45, 2.75) is 31.7 Å². The second-order valence-corrected chi connectivity index (χ2v) is 6.95. The summed E-state index contributed by atoms with van der Waals surface area (Å²) in [5.41, 5.74) is 0.843. The Labute approximate surface area is 159 Å². The Morgan fingerprint density at radius 2 is 1.96 bits per heavy atom. The molecule has 1 aromatic heterocycles. The van der Waals surface area contributed by atoms with Crippen molar-refractivity contribution >= 4 is 23.4 Å². The van der Waals surface area contributed by atoms with E-state index in [9.17, 15) is 4.79 Å². The Balaban J connectivity index is 1.53. The van der Waals surface area contributed by atoms with Gasteiger partial charge in [-0.1, -0.05) is 12.1 Å². The van der Waals surface area contributed by atoms with Crippen LogP contribution in [0.5, 0.6) is 5.75 Å². The van der Waals surface area contributed by atoms with Crippen LogP contribution in [0.4, 0.5) is 17.5 Å². The zero-order valence-electron chi connectivity index (χ0n) is 15.6. The van der Waals surface area contributed by atoms with E-state index in [1.54, 1.807) is 13.3 Å². The Morgan fingerprint density at radius 1 is 1.15 bits per heavy atom. The van der Waals surface area contributed by atoms with E-state index in [0.717, 1.165) is 56.8 Å². The molecule has 1 aromatic carbocycles. The summed E-state index contributed by atoms with van der Waals surface area (Å²) in [5.74, 6) is 2.26. The number of anilines is 3. The number of amides is 1. The predicted octanol–water partition coefficient (Wildman–Crippen LogP) is 2.82. The van der Waals surface area contributed by atoms with Crippen LogP contribution in [0.25, 0.3) is 0 Å². The molecule has 0 aliphatic carbocycles. The summed E-state index contributed by atoms with van der Waals surface area (Å²) < 4.78 is 5.39. The van der Waals surface area contributed by atoms with Crippen LogP contribution in [0.1, 0.15) is 25.7 Å². The Morgan fingerprint density at radius 3 is 2.78 bits per heavy atom. The molecule has 0 radical (unpaired) electrons. The summed E-state index contributed by atoms with van der Waals surface area (Å²) in [6.45, 7) is 2.56. The number of benzene rings is 1. The fourth-order valence-electron chi connectivity index (χ4n) is 3.85. The number of carbonyl (C=O) groups excluding carboxylic acids is 1. The number of ether oxygens (including phenoxy) is 1. The molecule has 2 aliphatic rings. The van der Waals surface area contributed by atoms with Crippen LogP contribution in [-0.4, -0.2) is 53.6 Å². The number of likely N-dealkylation sites (tertiary alicyclic amines) is 1. The Kier molecular flexibility index (Phi) is 5.09. The molecular formula is C20H25N5O2. The molecule has 2 aromatic rings. The van der Waals surface area contributed by atoms with Gasteiger partial charge in [-0.15, -0.1) is 0 Å². The molecule has 1 N–H and O–H groups in total. The fraction of sp³-hybridized carbons (Fsp3) is 0.450. The van der Waals surface area contributed by atoms with Gasteiger partial charge in [0.1, 0.15) is 17.6 Å². The molecule has 1 amide bonds. The van der Waals surface area contributed by atoms with Crippen LogP contribution < -0.4 is 15.0 Å². The van der Waals surface area contributed by atoms with Gasteiger partial charge in [0.25, 0.3) is 0 Å². The Hall–Kier alpha value is -2.83. The largest absolute Gasteiger partial charge is 0.495 e. The first-order valence-corrected chi connectivity index (χ1v) is 9.55. The highest BCUT2D eigenvalue weighted by Gasteiger charge is 2.36. The van der Waals surface area contributed by atoms with Crippen molar-refractivity contribution in [1.82, 2.24) is 14.9 Å². The van der Waals surface area contributed by atoms with Crippen molar-refractivity contribution in [1.29, 1.82) is 0 Å². The molecule has 0 unspecified atom stereocenters. The number of carbonyl (C=O) groups is 1. The highest BCUT2D eigenvalue weighted by molar-refractivity contribution is 5.85. The lowest BCUT2D eigenvalue weighted by Gasteiger charge is -2.27. The molecule has 2 saturated heterocycles. The van der Waals surface area contributed by atoms with Gasteiger partial charge in [-0.05, 0) is 43.9 Å². The topological polar surface area (TPSA) is 70.6 Å². The lowest BCUT2D eigenvalue weighted by atomic mass is 10.2. The van der Waals surface area contributed by atoms with Crippen LogP contribution in [-0.2, 0) is 4.79 Å². The number of hydrogen-bond acceptors (Lipinski definition) is 6. The van der Waals surface area contributed by atoms with E-state index in [0.29, 0.717) is 11.8 Å². The zero-order valence-corrected chi connectivity index (χ0v) is 15.6. The number of methoxy groups -OCH3 is 1. The fourth-order valence-corrected chi connectivity index (χ4v) is 3.85. The summed E-state index contributed by atoms with van der Waals surface area (Å²) in [5, 5.41) is 3.29. The van der Waals surface area contributed by atoms with E-state index >= 15 is 0 Å². The molecule has 1 atom stereocenters. The third kappa shape index (κ3) is 3.67. The van der Waals surface area contributed by atoms with Crippen molar-refractivity contribution < 1.29 is 9.53 Å². The van der Waals surface area contributed by atoms with E-state index in [4.69, 9.17) is 4.74 Å². The minimum absolute atomic E-state index is 0.149. The van der Waals surface area contributed by atoms with Crippen molar-refractivity contribution in [3.63, 3.8) is 0 Å². The minimum Gasteiger partial charge on any atom is -0.495 e. The van der Waals surface area contributed by atoms with E-state index in [2.05, 4.69) is 15.3 Å². The molecule has 142 valence electrons. The average molecular weight is 367 g/mol. The van der Waals surface area contributed by atoms with E-state index < -0.39 is 0 Å². The third-order valence-electron chi connectivity index (χ3n) is 5.23. The monoisotopic (exact) mass is 367 g/mol. The molecule has 7 heteroatoms. The first-order chi connectivity index (χ1) is 13.3. The van der Waals surface area contributed by atoms with E-state index in [1.807, 2.05) is 40.1 Å². The lowest BCUT2D eigenvalue weighted by molar-refractivity contribution is -0.131. The van der Waals surface area contributed by atoms with Crippen LogP contribution in [0.2, 0.25) is 0 Å². The smallest absolute Gasteiger partial charge is 0.245 e. The quantitative estimate of drug-likeness (QED) is 0.876. The van der Waals surface area contributed by atoms with Gasteiger partial charge in [0, 0.05) is 25.8 Å². The van der Waals surface area contributed by atoms with Crippen LogP contribution in [0, 0.1) is 0 Å². The molecule has 2 fully saturated rings. The molecule has 0 saturated carbocycles. The number of aromatic nitrogens is 2. The van der Waals surface area contributed by atoms with Crippen molar-refractivity contribution in [2.75, 3.05) is 37.0 Å². The predicted molar refractivity (Wildman–Crippen MR) is 104 cm³/mol. The summed E-state index contributed by atoms with van der Waals surface area (Å²) in [7, 11) is 1.64. The summed E-state index contributed by atoms with van der Waals surface area (Å²) in [4.78, 5) is 26.0. The maximum atomic E-state index is 12.9. The zero-order chi connectivity index (χ0) is 18.6. The van der Waals surface area contributed by atoms with Crippen molar-refractivity contribution in [3.05, 3.63) is 36.5 Å². The standard InChI is InChI=1S/C20H25N5O2/c1-27-17-9-3-2-7-15(17)22-18-10-11-21-20(23-18)25-14-6-8-16(25)19(26)24-12-4-5-13-24/h2-3,7,9-11,16H,4-6,8,12-14H2,1H3,(H,21,22,23)/t16-/m0/s1. The second-order valence-electron chi connectivity index (χ2n) is 6.95. The molecule has 4 rings (SSSR count). The van der Waals surface area contributed by atoms with Crippen LogP contribution in [0.3, 0.4) is 0 Å². The summed E-state index contributed by atoms with van der Waals surface area (Å²) in [6.07, 6.45) is 5.79. The third-order valence-corrected chi connectivity index (χ3v) is 5.23. The second kappa shape index (κ2) is 7.82. The molecule has 2 aliphatic heterocycles. The number of hydrogen-bond donors (Lipinski definition) is 1. The van der Waals surface area contributed by atoms with Crippen molar-refractivity contribution in [2.24, 2.45) is 0 Å². The van der Waals surface area contributed by atoms with Gasteiger partial charge in [-0.3, -0.25) is 4.79 Å². The van der Waals surface area contributed by atoms with Gasteiger partial charge < -0.3 is 19.9 Å². The van der Waals surface area contributed by atoms with Gasteiger partial charge in [0.05, 0.1) is 12.8 Å². The average Bonchev–Trinajstić information content (AvgIpc) is 3.40. The lowest BCUT2D eigenvalue weighted by Crippen LogP contribution is -2.45. The molecule has 27 heavy (non-hydrogen) atoms. The molecule has 0 spiro atoms. The van der Waals surface area contributed by atoms with Gasteiger partial charge in [-0.2, -0.15) is 4.98 Å². The summed E-state index contributed by atoms with van der Waals surface area (Å²) >= 11 is 0. The Bertz CT molecular complexity index is 806. The maximum Gasteiger partial charge on any atom is 0.245 e. The highest BCUT2D eigenvalue weighted by atomic mass is 16.5. The number of rotatable bonds is 5. The van der Waals surface area contributed by atoms with Gasteiger partial charge >= 0.3 is 0 Å². The number of nitrogens with zero attached hydrogens (tertiary/aromatic N) is 4.